The Hall–Kier alpha value is -1.44. The Morgan fingerprint density at radius 3 is 2.59 bits per heavy atom. The highest BCUT2D eigenvalue weighted by Gasteiger charge is 2.16. The standard InChI is InChI=1S/C13H15F2NO/c1-4-13(2,3)16-8-12(17)9-5-6-10(14)11(15)7-9/h1,5-7,12,16-17H,8H2,2-3H3. The number of halogens is 2. The lowest BCUT2D eigenvalue weighted by molar-refractivity contribution is 0.166. The zero-order valence-electron chi connectivity index (χ0n) is 9.80. The second kappa shape index (κ2) is 5.26. The fourth-order valence-electron chi connectivity index (χ4n) is 1.24. The summed E-state index contributed by atoms with van der Waals surface area (Å²) >= 11 is 0. The fraction of sp³-hybridized carbons (Fsp3) is 0.385. The molecule has 1 aromatic rings. The normalized spacial score (nSPS) is 13.2. The molecule has 2 nitrogen and oxygen atoms in total. The van der Waals surface area contributed by atoms with Gasteiger partial charge in [-0.3, -0.25) is 5.32 Å². The minimum Gasteiger partial charge on any atom is -0.387 e. The summed E-state index contributed by atoms with van der Waals surface area (Å²) in [7, 11) is 0. The van der Waals surface area contributed by atoms with Crippen molar-refractivity contribution in [2.45, 2.75) is 25.5 Å². The third-order valence-corrected chi connectivity index (χ3v) is 2.43. The third-order valence-electron chi connectivity index (χ3n) is 2.43. The van der Waals surface area contributed by atoms with Crippen molar-refractivity contribution >= 4 is 0 Å². The molecule has 1 unspecified atom stereocenters. The molecular weight excluding hydrogens is 224 g/mol. The highest BCUT2D eigenvalue weighted by molar-refractivity contribution is 5.20. The summed E-state index contributed by atoms with van der Waals surface area (Å²) in [4.78, 5) is 0. The average molecular weight is 239 g/mol. The van der Waals surface area contributed by atoms with Crippen LogP contribution >= 0.6 is 0 Å². The smallest absolute Gasteiger partial charge is 0.159 e. The van der Waals surface area contributed by atoms with E-state index >= 15 is 0 Å². The minimum atomic E-state index is -0.974. The van der Waals surface area contributed by atoms with E-state index in [1.54, 1.807) is 13.8 Å². The summed E-state index contributed by atoms with van der Waals surface area (Å²) in [5.74, 6) is 0.606. The van der Waals surface area contributed by atoms with E-state index in [9.17, 15) is 13.9 Å². The van der Waals surface area contributed by atoms with Gasteiger partial charge in [0.15, 0.2) is 11.6 Å². The number of β-amino-alcohol motifs (C(OH)–C–C–N with tert-alkyl or cyclic N) is 1. The SMILES string of the molecule is C#CC(C)(C)NCC(O)c1ccc(F)c(F)c1. The molecule has 4 heteroatoms. The van der Waals surface area contributed by atoms with Gasteiger partial charge in [-0.2, -0.15) is 0 Å². The molecule has 0 radical (unpaired) electrons. The Morgan fingerprint density at radius 2 is 2.06 bits per heavy atom. The van der Waals surface area contributed by atoms with Crippen LogP contribution in [0.2, 0.25) is 0 Å². The van der Waals surface area contributed by atoms with Gasteiger partial charge in [-0.1, -0.05) is 12.0 Å². The number of rotatable bonds is 4. The van der Waals surface area contributed by atoms with Crippen LogP contribution in [0.3, 0.4) is 0 Å². The molecule has 0 amide bonds. The topological polar surface area (TPSA) is 32.3 Å². The van der Waals surface area contributed by atoms with Crippen molar-refractivity contribution in [2.75, 3.05) is 6.54 Å². The Balaban J connectivity index is 2.68. The van der Waals surface area contributed by atoms with Crippen molar-refractivity contribution in [2.24, 2.45) is 0 Å². The first-order valence-electron chi connectivity index (χ1n) is 5.21. The van der Waals surface area contributed by atoms with Gasteiger partial charge in [0.2, 0.25) is 0 Å². The zero-order valence-corrected chi connectivity index (χ0v) is 9.80. The van der Waals surface area contributed by atoms with Crippen LogP contribution in [0, 0.1) is 24.0 Å². The molecule has 0 saturated carbocycles. The van der Waals surface area contributed by atoms with Crippen molar-refractivity contribution in [3.8, 4) is 12.3 Å². The van der Waals surface area contributed by atoms with Gasteiger partial charge in [0.25, 0.3) is 0 Å². The van der Waals surface area contributed by atoms with Crippen molar-refractivity contribution in [1.82, 2.24) is 5.32 Å². The Morgan fingerprint density at radius 1 is 1.41 bits per heavy atom. The number of aliphatic hydroxyl groups excluding tert-OH is 1. The molecular formula is C13H15F2NO. The van der Waals surface area contributed by atoms with Gasteiger partial charge >= 0.3 is 0 Å². The second-order valence-electron chi connectivity index (χ2n) is 4.34. The summed E-state index contributed by atoms with van der Waals surface area (Å²) in [5, 5.41) is 12.7. The second-order valence-corrected chi connectivity index (χ2v) is 4.34. The molecule has 1 aromatic carbocycles. The van der Waals surface area contributed by atoms with Crippen molar-refractivity contribution in [1.29, 1.82) is 0 Å². The minimum absolute atomic E-state index is 0.169. The summed E-state index contributed by atoms with van der Waals surface area (Å²) in [6, 6.07) is 3.30. The van der Waals surface area contributed by atoms with Crippen LogP contribution < -0.4 is 5.32 Å². The molecule has 0 aromatic heterocycles. The summed E-state index contributed by atoms with van der Waals surface area (Å²) < 4.78 is 25.6. The highest BCUT2D eigenvalue weighted by Crippen LogP contribution is 2.16. The van der Waals surface area contributed by atoms with E-state index in [1.165, 1.54) is 6.07 Å². The van der Waals surface area contributed by atoms with E-state index in [-0.39, 0.29) is 6.54 Å². The van der Waals surface area contributed by atoms with Crippen molar-refractivity contribution in [3.63, 3.8) is 0 Å². The molecule has 0 aliphatic heterocycles. The summed E-state index contributed by atoms with van der Waals surface area (Å²) in [6.07, 6.45) is 4.34. The molecule has 0 aliphatic rings. The first-order valence-corrected chi connectivity index (χ1v) is 5.21. The molecule has 1 rings (SSSR count). The average Bonchev–Trinajstić information content (AvgIpc) is 2.30. The number of hydrogen-bond donors (Lipinski definition) is 2. The molecule has 0 saturated heterocycles. The molecule has 17 heavy (non-hydrogen) atoms. The van der Waals surface area contributed by atoms with Gasteiger partial charge in [-0.15, -0.1) is 6.42 Å². The molecule has 92 valence electrons. The van der Waals surface area contributed by atoms with E-state index in [0.717, 1.165) is 12.1 Å². The molecule has 2 N–H and O–H groups in total. The molecule has 0 aliphatic carbocycles. The van der Waals surface area contributed by atoms with Gasteiger partial charge in [-0.05, 0) is 31.5 Å². The predicted octanol–water partition coefficient (Wildman–Crippen LogP) is 2.00. The highest BCUT2D eigenvalue weighted by atomic mass is 19.2. The molecule has 0 heterocycles. The quantitative estimate of drug-likeness (QED) is 0.788. The largest absolute Gasteiger partial charge is 0.387 e. The number of benzene rings is 1. The number of nitrogens with one attached hydrogen (secondary N) is 1. The maximum absolute atomic E-state index is 12.9. The van der Waals surface area contributed by atoms with Gasteiger partial charge in [0, 0.05) is 6.54 Å². The van der Waals surface area contributed by atoms with Crippen molar-refractivity contribution in [3.05, 3.63) is 35.4 Å². The summed E-state index contributed by atoms with van der Waals surface area (Å²) in [6.45, 7) is 3.73. The maximum Gasteiger partial charge on any atom is 0.159 e. The van der Waals surface area contributed by atoms with E-state index in [2.05, 4.69) is 11.2 Å². The first-order chi connectivity index (χ1) is 7.85. The maximum atomic E-state index is 12.9. The van der Waals surface area contributed by atoms with Crippen LogP contribution in [-0.4, -0.2) is 17.2 Å². The molecule has 1 atom stereocenters. The monoisotopic (exact) mass is 239 g/mol. The molecule has 0 bridgehead atoms. The van der Waals surface area contributed by atoms with Gasteiger partial charge < -0.3 is 5.11 Å². The van der Waals surface area contributed by atoms with Crippen LogP contribution in [-0.2, 0) is 0 Å². The number of hydrogen-bond acceptors (Lipinski definition) is 2. The lowest BCUT2D eigenvalue weighted by Gasteiger charge is -2.22. The van der Waals surface area contributed by atoms with Crippen LogP contribution in [0.5, 0.6) is 0 Å². The summed E-state index contributed by atoms with van der Waals surface area (Å²) in [5.41, 5.74) is -0.247. The Bertz CT molecular complexity index is 438. The van der Waals surface area contributed by atoms with Crippen LogP contribution in [0.4, 0.5) is 8.78 Å². The lowest BCUT2D eigenvalue weighted by atomic mass is 10.0. The van der Waals surface area contributed by atoms with E-state index in [1.807, 2.05) is 0 Å². The van der Waals surface area contributed by atoms with Crippen LogP contribution in [0.1, 0.15) is 25.5 Å². The van der Waals surface area contributed by atoms with Gasteiger partial charge in [0.1, 0.15) is 0 Å². The molecule has 0 spiro atoms. The van der Waals surface area contributed by atoms with E-state index in [0.29, 0.717) is 5.56 Å². The Labute approximate surface area is 99.7 Å². The zero-order chi connectivity index (χ0) is 13.1. The van der Waals surface area contributed by atoms with E-state index < -0.39 is 23.3 Å². The van der Waals surface area contributed by atoms with Gasteiger partial charge in [-0.25, -0.2) is 8.78 Å². The number of aliphatic hydroxyl groups is 1. The third kappa shape index (κ3) is 3.81. The van der Waals surface area contributed by atoms with E-state index in [4.69, 9.17) is 6.42 Å². The Kier molecular flexibility index (Phi) is 4.22. The number of terminal acetylenes is 1. The lowest BCUT2D eigenvalue weighted by Crippen LogP contribution is -2.40. The molecule has 0 fully saturated rings. The van der Waals surface area contributed by atoms with Crippen LogP contribution in [0.25, 0.3) is 0 Å². The fourth-order valence-corrected chi connectivity index (χ4v) is 1.24. The van der Waals surface area contributed by atoms with Gasteiger partial charge in [0.05, 0.1) is 11.6 Å². The van der Waals surface area contributed by atoms with Crippen molar-refractivity contribution < 1.29 is 13.9 Å². The van der Waals surface area contributed by atoms with Crippen LogP contribution in [0.15, 0.2) is 18.2 Å². The predicted molar refractivity (Wildman–Crippen MR) is 62.2 cm³/mol. The first kappa shape index (κ1) is 13.6.